The van der Waals surface area contributed by atoms with E-state index in [1.54, 1.807) is 0 Å². The Hall–Kier alpha value is -0.240. The second-order valence-electron chi connectivity index (χ2n) is 1.43. The monoisotopic (exact) mass is 115 g/mol. The van der Waals surface area contributed by atoms with Crippen LogP contribution in [0.15, 0.2) is 11.1 Å². The topological polar surface area (TPSA) is 12.0 Å². The van der Waals surface area contributed by atoms with Gasteiger partial charge in [0.05, 0.1) is 0 Å². The minimum Gasteiger partial charge on any atom is -0.360 e. The molecule has 0 amide bonds. The first kappa shape index (κ1) is 4.91. The first-order valence-corrected chi connectivity index (χ1v) is 3.44. The lowest BCUT2D eigenvalue weighted by Crippen LogP contribution is -2.03. The number of nitrogens with one attached hydrogen (secondary N) is 1. The van der Waals surface area contributed by atoms with Crippen molar-refractivity contribution in [2.75, 3.05) is 0 Å². The Bertz CT molecular complexity index is 115. The largest absolute Gasteiger partial charge is 0.360 e. The summed E-state index contributed by atoms with van der Waals surface area (Å²) in [5.41, 5.74) is 3.39. The van der Waals surface area contributed by atoms with Gasteiger partial charge in [-0.25, -0.2) is 0 Å². The summed E-state index contributed by atoms with van der Waals surface area (Å²) in [6.45, 7) is 2.15. The molecule has 1 aliphatic rings. The van der Waals surface area contributed by atoms with E-state index in [0.717, 1.165) is 6.42 Å². The second-order valence-corrected chi connectivity index (χ2v) is 2.24. The van der Waals surface area contributed by atoms with Crippen LogP contribution in [0.1, 0.15) is 13.3 Å². The Balaban J connectivity index is 2.45. The Morgan fingerprint density at radius 2 is 2.71 bits per heavy atom. The van der Waals surface area contributed by atoms with Crippen molar-refractivity contribution in [3.63, 3.8) is 0 Å². The van der Waals surface area contributed by atoms with Gasteiger partial charge in [0, 0.05) is 11.2 Å². The van der Waals surface area contributed by atoms with Crippen molar-refractivity contribution in [1.82, 2.24) is 5.32 Å². The molecule has 0 aromatic heterocycles. The highest BCUT2D eigenvalue weighted by atomic mass is 32.1. The smallest absolute Gasteiger partial charge is 0.0263 e. The van der Waals surface area contributed by atoms with Gasteiger partial charge in [-0.2, -0.15) is 11.4 Å². The van der Waals surface area contributed by atoms with Gasteiger partial charge in [0.25, 0.3) is 0 Å². The van der Waals surface area contributed by atoms with E-state index in [9.17, 15) is 0 Å². The Labute approximate surface area is 47.4 Å². The van der Waals surface area contributed by atoms with Gasteiger partial charge in [-0.3, -0.25) is 0 Å². The summed E-state index contributed by atoms with van der Waals surface area (Å²) in [5.74, 6) is 0. The fraction of sp³-hybridized carbons (Fsp3) is 0.400. The van der Waals surface area contributed by atoms with Crippen molar-refractivity contribution in [2.45, 2.75) is 13.3 Å². The highest BCUT2D eigenvalue weighted by molar-refractivity contribution is 8.00. The molecule has 0 spiro atoms. The molecular weight excluding hydrogens is 106 g/mol. The molecule has 0 saturated heterocycles. The molecule has 40 valence electrons. The summed E-state index contributed by atoms with van der Waals surface area (Å²) in [6.07, 6.45) is 1.13. The molecule has 0 radical (unpaired) electrons. The van der Waals surface area contributed by atoms with E-state index in [1.807, 2.05) is 5.49 Å². The fourth-order valence-corrected chi connectivity index (χ4v) is 1.23. The van der Waals surface area contributed by atoms with E-state index in [2.05, 4.69) is 17.6 Å². The van der Waals surface area contributed by atoms with Crippen LogP contribution < -0.4 is 5.32 Å². The van der Waals surface area contributed by atoms with Gasteiger partial charge in [0.15, 0.2) is 0 Å². The first-order chi connectivity index (χ1) is 3.43. The van der Waals surface area contributed by atoms with Gasteiger partial charge >= 0.3 is 0 Å². The van der Waals surface area contributed by atoms with Crippen LogP contribution in [0, 0.1) is 0 Å². The third kappa shape index (κ3) is 1.06. The van der Waals surface area contributed by atoms with Crippen molar-refractivity contribution in [3.05, 3.63) is 11.1 Å². The van der Waals surface area contributed by atoms with Gasteiger partial charge in [0.1, 0.15) is 0 Å². The maximum atomic E-state index is 3.13. The maximum absolute atomic E-state index is 3.13. The standard InChI is InChI=1S/C5H9NS/c1-2-5-3-7-4-6-5/h3-4,6-7H,2H2,1H3. The maximum Gasteiger partial charge on any atom is 0.0263 e. The lowest BCUT2D eigenvalue weighted by Gasteiger charge is -1.92. The van der Waals surface area contributed by atoms with Crippen LogP contribution >= 0.6 is 11.4 Å². The molecule has 0 aliphatic carbocycles. The molecule has 0 aromatic rings. The van der Waals surface area contributed by atoms with Crippen molar-refractivity contribution in [1.29, 1.82) is 0 Å². The van der Waals surface area contributed by atoms with Crippen molar-refractivity contribution < 1.29 is 0 Å². The zero-order valence-electron chi connectivity index (χ0n) is 4.31. The van der Waals surface area contributed by atoms with Crippen LogP contribution in [-0.4, -0.2) is 5.49 Å². The summed E-state index contributed by atoms with van der Waals surface area (Å²) >= 11 is 1.30. The predicted molar refractivity (Wildman–Crippen MR) is 36.6 cm³/mol. The number of hydrogen-bond donors (Lipinski definition) is 2. The van der Waals surface area contributed by atoms with E-state index in [1.165, 1.54) is 17.0 Å². The van der Waals surface area contributed by atoms with Gasteiger partial charge in [-0.15, -0.1) is 0 Å². The Kier molecular flexibility index (Phi) is 1.52. The Morgan fingerprint density at radius 1 is 1.86 bits per heavy atom. The molecule has 1 N–H and O–H groups in total. The lowest BCUT2D eigenvalue weighted by molar-refractivity contribution is 1.01. The molecule has 1 rings (SSSR count). The molecule has 1 aliphatic heterocycles. The van der Waals surface area contributed by atoms with Gasteiger partial charge in [-0.1, -0.05) is 6.92 Å². The molecular formula is C5H9NS. The van der Waals surface area contributed by atoms with Crippen molar-refractivity contribution >= 4 is 16.8 Å². The highest BCUT2D eigenvalue weighted by Crippen LogP contribution is 2.03. The molecule has 0 atom stereocenters. The summed E-state index contributed by atoms with van der Waals surface area (Å²) in [6, 6.07) is 0. The van der Waals surface area contributed by atoms with Crippen LogP contribution in [0.3, 0.4) is 0 Å². The molecule has 1 heterocycles. The molecule has 7 heavy (non-hydrogen) atoms. The van der Waals surface area contributed by atoms with Gasteiger partial charge in [-0.05, 0) is 11.8 Å². The number of hydrogen-bond acceptors (Lipinski definition) is 1. The van der Waals surface area contributed by atoms with Gasteiger partial charge in [0.2, 0.25) is 0 Å². The van der Waals surface area contributed by atoms with E-state index >= 15 is 0 Å². The average Bonchev–Trinajstić information content (AvgIpc) is 2.14. The zero-order valence-corrected chi connectivity index (χ0v) is 5.20. The molecule has 1 nitrogen and oxygen atoms in total. The van der Waals surface area contributed by atoms with Crippen LogP contribution in [0.25, 0.3) is 0 Å². The molecule has 0 aromatic carbocycles. The van der Waals surface area contributed by atoms with Crippen LogP contribution in [0.5, 0.6) is 0 Å². The molecule has 2 heteroatoms. The third-order valence-corrected chi connectivity index (χ3v) is 1.67. The van der Waals surface area contributed by atoms with Crippen LogP contribution in [0.4, 0.5) is 0 Å². The van der Waals surface area contributed by atoms with Crippen LogP contribution in [0.2, 0.25) is 0 Å². The van der Waals surface area contributed by atoms with Crippen molar-refractivity contribution in [3.8, 4) is 0 Å². The van der Waals surface area contributed by atoms with E-state index in [-0.39, 0.29) is 0 Å². The SMILES string of the molecule is CCC1=C[SH]=CN1. The average molecular weight is 115 g/mol. The predicted octanol–water partition coefficient (Wildman–Crippen LogP) is 1.07. The van der Waals surface area contributed by atoms with E-state index < -0.39 is 0 Å². The minimum absolute atomic E-state index is 1.13. The lowest BCUT2D eigenvalue weighted by atomic mass is 10.4. The van der Waals surface area contributed by atoms with E-state index in [4.69, 9.17) is 0 Å². The summed E-state index contributed by atoms with van der Waals surface area (Å²) < 4.78 is 0. The number of thiol groups is 1. The second kappa shape index (κ2) is 2.17. The van der Waals surface area contributed by atoms with Gasteiger partial charge < -0.3 is 5.32 Å². The molecule has 0 bridgehead atoms. The highest BCUT2D eigenvalue weighted by Gasteiger charge is 1.89. The summed E-state index contributed by atoms with van der Waals surface area (Å²) in [4.78, 5) is 0. The summed E-state index contributed by atoms with van der Waals surface area (Å²) in [7, 11) is 0. The normalized spacial score (nSPS) is 17.6. The van der Waals surface area contributed by atoms with E-state index in [0.29, 0.717) is 0 Å². The number of allylic oxidation sites excluding steroid dienone is 1. The summed E-state index contributed by atoms with van der Waals surface area (Å²) in [5, 5.41) is 5.31. The van der Waals surface area contributed by atoms with Crippen molar-refractivity contribution in [2.24, 2.45) is 0 Å². The first-order valence-electron chi connectivity index (χ1n) is 2.40. The molecule has 0 saturated carbocycles. The quantitative estimate of drug-likeness (QED) is 0.385. The number of rotatable bonds is 1. The zero-order chi connectivity index (χ0) is 5.11. The minimum atomic E-state index is 1.13. The fourth-order valence-electron chi connectivity index (χ4n) is 0.478. The molecule has 0 fully saturated rings. The Morgan fingerprint density at radius 3 is 3.00 bits per heavy atom. The van der Waals surface area contributed by atoms with Crippen LogP contribution in [-0.2, 0) is 0 Å². The molecule has 0 unspecified atom stereocenters. The third-order valence-electron chi connectivity index (χ3n) is 0.936.